The van der Waals surface area contributed by atoms with Crippen molar-refractivity contribution in [3.8, 4) is 5.88 Å². The topological polar surface area (TPSA) is 22.1 Å². The zero-order valence-electron chi connectivity index (χ0n) is 9.10. The van der Waals surface area contributed by atoms with Crippen LogP contribution < -0.4 is 4.74 Å². The van der Waals surface area contributed by atoms with E-state index in [1.807, 2.05) is 44.2 Å². The van der Waals surface area contributed by atoms with Gasteiger partial charge in [0.05, 0.1) is 0 Å². The van der Waals surface area contributed by atoms with Crippen LogP contribution in [0, 0.1) is 6.92 Å². The van der Waals surface area contributed by atoms with Gasteiger partial charge in [-0.3, -0.25) is 0 Å². The van der Waals surface area contributed by atoms with E-state index in [4.69, 9.17) is 4.74 Å². The summed E-state index contributed by atoms with van der Waals surface area (Å²) in [5.41, 5.74) is 1.12. The molecule has 2 nitrogen and oxygen atoms in total. The van der Waals surface area contributed by atoms with Crippen molar-refractivity contribution in [3.63, 3.8) is 0 Å². The van der Waals surface area contributed by atoms with Crippen LogP contribution in [0.2, 0.25) is 0 Å². The van der Waals surface area contributed by atoms with Crippen LogP contribution in [0.4, 0.5) is 0 Å². The van der Waals surface area contributed by atoms with Crippen LogP contribution in [0.15, 0.2) is 55.0 Å². The number of aromatic nitrogens is 1. The molecule has 0 saturated carbocycles. The minimum atomic E-state index is 0.599. The SMILES string of the molecule is C=C/C=C\C(=C/C)Oc1ccc(C)cn1. The summed E-state index contributed by atoms with van der Waals surface area (Å²) >= 11 is 0. The van der Waals surface area contributed by atoms with Crippen molar-refractivity contribution >= 4 is 0 Å². The zero-order chi connectivity index (χ0) is 11.1. The maximum Gasteiger partial charge on any atom is 0.219 e. The molecule has 0 fully saturated rings. The lowest BCUT2D eigenvalue weighted by atomic mass is 10.3. The molecule has 1 rings (SSSR count). The number of hydrogen-bond donors (Lipinski definition) is 0. The molecule has 1 aromatic rings. The first kappa shape index (κ1) is 11.2. The summed E-state index contributed by atoms with van der Waals surface area (Å²) in [5, 5.41) is 0. The van der Waals surface area contributed by atoms with Gasteiger partial charge in [-0.15, -0.1) is 0 Å². The lowest BCUT2D eigenvalue weighted by Gasteiger charge is -2.04. The molecule has 0 spiro atoms. The molecule has 1 aromatic heterocycles. The molecule has 0 bridgehead atoms. The summed E-state index contributed by atoms with van der Waals surface area (Å²) in [6.45, 7) is 7.51. The number of ether oxygens (including phenoxy) is 1. The molecule has 0 aliphatic carbocycles. The first-order valence-corrected chi connectivity index (χ1v) is 4.82. The van der Waals surface area contributed by atoms with Crippen LogP contribution in [-0.2, 0) is 0 Å². The molecular formula is C13H15NO. The molecule has 0 radical (unpaired) electrons. The minimum absolute atomic E-state index is 0.599. The maximum atomic E-state index is 5.54. The fourth-order valence-electron chi connectivity index (χ4n) is 0.987. The van der Waals surface area contributed by atoms with Gasteiger partial charge in [0.15, 0.2) is 0 Å². The Balaban J connectivity index is 2.71. The standard InChI is InChI=1S/C13H15NO/c1-4-6-7-12(5-2)15-13-9-8-11(3)10-14-13/h4-10H,1H2,2-3H3/b7-6-,12-5+. The van der Waals surface area contributed by atoms with E-state index in [0.717, 1.165) is 11.3 Å². The Bertz CT molecular complexity index is 374. The first-order chi connectivity index (χ1) is 7.26. The number of allylic oxidation sites excluding steroid dienone is 4. The first-order valence-electron chi connectivity index (χ1n) is 4.82. The van der Waals surface area contributed by atoms with E-state index in [9.17, 15) is 0 Å². The molecule has 0 saturated heterocycles. The molecular weight excluding hydrogens is 186 g/mol. The van der Waals surface area contributed by atoms with E-state index < -0.39 is 0 Å². The molecule has 0 N–H and O–H groups in total. The zero-order valence-corrected chi connectivity index (χ0v) is 9.10. The Labute approximate surface area is 90.6 Å². The summed E-state index contributed by atoms with van der Waals surface area (Å²) < 4.78 is 5.54. The van der Waals surface area contributed by atoms with E-state index in [1.54, 1.807) is 12.3 Å². The van der Waals surface area contributed by atoms with Crippen molar-refractivity contribution < 1.29 is 4.74 Å². The van der Waals surface area contributed by atoms with E-state index in [1.165, 1.54) is 0 Å². The fraction of sp³-hybridized carbons (Fsp3) is 0.154. The average molecular weight is 201 g/mol. The van der Waals surface area contributed by atoms with E-state index >= 15 is 0 Å². The summed E-state index contributed by atoms with van der Waals surface area (Å²) in [6.07, 6.45) is 9.02. The highest BCUT2D eigenvalue weighted by Crippen LogP contribution is 2.11. The number of pyridine rings is 1. The second kappa shape index (κ2) is 5.81. The minimum Gasteiger partial charge on any atom is -0.439 e. The largest absolute Gasteiger partial charge is 0.439 e. The summed E-state index contributed by atoms with van der Waals surface area (Å²) in [5.74, 6) is 1.36. The van der Waals surface area contributed by atoms with Crippen molar-refractivity contribution in [2.24, 2.45) is 0 Å². The normalized spacial score (nSPS) is 11.7. The molecule has 0 amide bonds. The summed E-state index contributed by atoms with van der Waals surface area (Å²) in [4.78, 5) is 4.15. The van der Waals surface area contributed by atoms with Gasteiger partial charge in [-0.05, 0) is 31.6 Å². The number of rotatable bonds is 4. The highest BCUT2D eigenvalue weighted by Gasteiger charge is 1.96. The Kier molecular flexibility index (Phi) is 4.35. The second-order valence-corrected chi connectivity index (χ2v) is 3.06. The highest BCUT2D eigenvalue weighted by atomic mass is 16.5. The quantitative estimate of drug-likeness (QED) is 0.550. The van der Waals surface area contributed by atoms with Crippen LogP contribution >= 0.6 is 0 Å². The van der Waals surface area contributed by atoms with Gasteiger partial charge in [-0.1, -0.05) is 24.8 Å². The molecule has 78 valence electrons. The molecule has 0 aliphatic rings. The fourth-order valence-corrected chi connectivity index (χ4v) is 0.987. The Morgan fingerprint density at radius 1 is 1.47 bits per heavy atom. The van der Waals surface area contributed by atoms with Gasteiger partial charge in [-0.25, -0.2) is 4.98 Å². The van der Waals surface area contributed by atoms with Gasteiger partial charge in [0, 0.05) is 12.3 Å². The Hall–Kier alpha value is -1.83. The van der Waals surface area contributed by atoms with Crippen LogP contribution in [-0.4, -0.2) is 4.98 Å². The maximum absolute atomic E-state index is 5.54. The van der Waals surface area contributed by atoms with Crippen molar-refractivity contribution in [1.82, 2.24) is 4.98 Å². The molecule has 1 heterocycles. The third-order valence-corrected chi connectivity index (χ3v) is 1.79. The Morgan fingerprint density at radius 2 is 2.27 bits per heavy atom. The van der Waals surface area contributed by atoms with Gasteiger partial charge in [-0.2, -0.15) is 0 Å². The highest BCUT2D eigenvalue weighted by molar-refractivity contribution is 5.23. The lowest BCUT2D eigenvalue weighted by molar-refractivity contribution is 0.425. The molecule has 0 aliphatic heterocycles. The molecule has 15 heavy (non-hydrogen) atoms. The van der Waals surface area contributed by atoms with Gasteiger partial charge in [0.2, 0.25) is 5.88 Å². The second-order valence-electron chi connectivity index (χ2n) is 3.06. The molecule has 0 aromatic carbocycles. The summed E-state index contributed by atoms with van der Waals surface area (Å²) in [7, 11) is 0. The van der Waals surface area contributed by atoms with E-state index in [-0.39, 0.29) is 0 Å². The monoisotopic (exact) mass is 201 g/mol. The van der Waals surface area contributed by atoms with Crippen molar-refractivity contribution in [2.45, 2.75) is 13.8 Å². The van der Waals surface area contributed by atoms with E-state index in [2.05, 4.69) is 11.6 Å². The van der Waals surface area contributed by atoms with Crippen LogP contribution in [0.25, 0.3) is 0 Å². The third kappa shape index (κ3) is 3.81. The molecule has 2 heteroatoms. The van der Waals surface area contributed by atoms with Gasteiger partial charge in [0.25, 0.3) is 0 Å². The Morgan fingerprint density at radius 3 is 2.80 bits per heavy atom. The van der Waals surface area contributed by atoms with Gasteiger partial charge < -0.3 is 4.74 Å². The number of hydrogen-bond acceptors (Lipinski definition) is 2. The van der Waals surface area contributed by atoms with Gasteiger partial charge in [0.1, 0.15) is 5.76 Å². The molecule has 0 atom stereocenters. The average Bonchev–Trinajstić information content (AvgIpc) is 2.27. The van der Waals surface area contributed by atoms with Crippen molar-refractivity contribution in [1.29, 1.82) is 0 Å². The van der Waals surface area contributed by atoms with Crippen molar-refractivity contribution in [3.05, 3.63) is 60.5 Å². The van der Waals surface area contributed by atoms with Crippen LogP contribution in [0.3, 0.4) is 0 Å². The predicted octanol–water partition coefficient (Wildman–Crippen LogP) is 3.41. The molecule has 0 unspecified atom stereocenters. The number of aryl methyl sites for hydroxylation is 1. The predicted molar refractivity (Wildman–Crippen MR) is 62.7 cm³/mol. The summed E-state index contributed by atoms with van der Waals surface area (Å²) in [6, 6.07) is 3.81. The van der Waals surface area contributed by atoms with E-state index in [0.29, 0.717) is 5.88 Å². The third-order valence-electron chi connectivity index (χ3n) is 1.79. The smallest absolute Gasteiger partial charge is 0.219 e. The number of nitrogens with zero attached hydrogens (tertiary/aromatic N) is 1. The van der Waals surface area contributed by atoms with Gasteiger partial charge >= 0.3 is 0 Å². The lowest BCUT2D eigenvalue weighted by Crippen LogP contribution is -1.94. The van der Waals surface area contributed by atoms with Crippen LogP contribution in [0.5, 0.6) is 5.88 Å². The van der Waals surface area contributed by atoms with Crippen molar-refractivity contribution in [2.75, 3.05) is 0 Å². The van der Waals surface area contributed by atoms with Crippen LogP contribution in [0.1, 0.15) is 12.5 Å².